The number of carbonyl (C=O) groups is 1. The summed E-state index contributed by atoms with van der Waals surface area (Å²) in [5.74, 6) is -1.22. The number of benzene rings is 1. The molecule has 0 fully saturated rings. The highest BCUT2D eigenvalue weighted by Crippen LogP contribution is 2.36. The minimum absolute atomic E-state index is 0.0122. The highest BCUT2D eigenvalue weighted by Gasteiger charge is 2.26. The first kappa shape index (κ1) is 15.7. The molecule has 1 aliphatic rings. The SMILES string of the molecule is O=C(O)c1cn2c3c([nH]c(=O)c2n1)-c1cccc(COS(=O)O)c1C3. The van der Waals surface area contributed by atoms with Crippen LogP contribution in [0.15, 0.2) is 29.2 Å². The van der Waals surface area contributed by atoms with E-state index in [0.717, 1.165) is 11.1 Å². The summed E-state index contributed by atoms with van der Waals surface area (Å²) >= 11 is -2.38. The van der Waals surface area contributed by atoms with Crippen LogP contribution in [0.5, 0.6) is 0 Å². The fourth-order valence-electron chi connectivity index (χ4n) is 3.10. The number of H-pyrrole nitrogens is 1. The first-order valence-corrected chi connectivity index (χ1v) is 8.21. The molecule has 3 N–H and O–H groups in total. The Balaban J connectivity index is 1.89. The van der Waals surface area contributed by atoms with Gasteiger partial charge in [0.05, 0.1) is 18.0 Å². The fourth-order valence-corrected chi connectivity index (χ4v) is 3.33. The number of rotatable bonds is 4. The third-order valence-electron chi connectivity index (χ3n) is 4.15. The van der Waals surface area contributed by atoms with E-state index in [4.69, 9.17) is 13.8 Å². The van der Waals surface area contributed by atoms with Crippen LogP contribution in [0.4, 0.5) is 0 Å². The molecule has 0 spiro atoms. The zero-order valence-corrected chi connectivity index (χ0v) is 13.4. The number of hydrogen-bond donors (Lipinski definition) is 3. The Morgan fingerprint density at radius 2 is 2.24 bits per heavy atom. The van der Waals surface area contributed by atoms with Gasteiger partial charge in [0, 0.05) is 18.2 Å². The summed E-state index contributed by atoms with van der Waals surface area (Å²) in [5, 5.41) is 9.11. The van der Waals surface area contributed by atoms with Crippen LogP contribution in [0.2, 0.25) is 0 Å². The van der Waals surface area contributed by atoms with E-state index in [2.05, 4.69) is 9.97 Å². The molecule has 4 rings (SSSR count). The Morgan fingerprint density at radius 1 is 1.44 bits per heavy atom. The molecule has 2 heterocycles. The molecule has 128 valence electrons. The normalized spacial score (nSPS) is 13.6. The van der Waals surface area contributed by atoms with Gasteiger partial charge in [-0.2, -0.15) is 4.21 Å². The van der Waals surface area contributed by atoms with Gasteiger partial charge in [-0.15, -0.1) is 0 Å². The second-order valence-electron chi connectivity index (χ2n) is 5.50. The Bertz CT molecular complexity index is 1120. The summed E-state index contributed by atoms with van der Waals surface area (Å²) in [6, 6.07) is 5.34. The van der Waals surface area contributed by atoms with Gasteiger partial charge < -0.3 is 10.1 Å². The van der Waals surface area contributed by atoms with Gasteiger partial charge in [-0.1, -0.05) is 18.2 Å². The molecule has 0 saturated carbocycles. The first-order chi connectivity index (χ1) is 12.0. The lowest BCUT2D eigenvalue weighted by Gasteiger charge is -2.06. The number of aromatic amines is 1. The quantitative estimate of drug-likeness (QED) is 0.461. The number of carboxylic acid groups (broad SMARTS) is 1. The number of carboxylic acids is 1. The number of aromatic nitrogens is 3. The van der Waals surface area contributed by atoms with Crippen molar-refractivity contribution in [3.63, 3.8) is 0 Å². The van der Waals surface area contributed by atoms with Gasteiger partial charge in [-0.25, -0.2) is 9.78 Å². The van der Waals surface area contributed by atoms with Gasteiger partial charge in [0.15, 0.2) is 5.69 Å². The van der Waals surface area contributed by atoms with E-state index in [1.807, 2.05) is 6.07 Å². The summed E-state index contributed by atoms with van der Waals surface area (Å²) in [6.07, 6.45) is 1.72. The molecule has 1 aliphatic carbocycles. The van der Waals surface area contributed by atoms with E-state index in [9.17, 15) is 13.8 Å². The maximum absolute atomic E-state index is 12.3. The highest BCUT2D eigenvalue weighted by molar-refractivity contribution is 7.74. The van der Waals surface area contributed by atoms with Crippen LogP contribution < -0.4 is 5.56 Å². The molecule has 0 radical (unpaired) electrons. The molecule has 3 aromatic rings. The van der Waals surface area contributed by atoms with Crippen LogP contribution in [0.1, 0.15) is 27.3 Å². The number of nitrogens with one attached hydrogen (secondary N) is 1. The first-order valence-electron chi connectivity index (χ1n) is 7.18. The zero-order valence-electron chi connectivity index (χ0n) is 12.6. The lowest BCUT2D eigenvalue weighted by molar-refractivity contribution is 0.0691. The Kier molecular flexibility index (Phi) is 3.53. The molecule has 1 unspecified atom stereocenters. The average Bonchev–Trinajstić information content (AvgIpc) is 3.15. The summed E-state index contributed by atoms with van der Waals surface area (Å²) in [7, 11) is 0. The number of fused-ring (bicyclic) bond motifs is 5. The molecule has 0 amide bonds. The lowest BCUT2D eigenvalue weighted by Crippen LogP contribution is -2.13. The van der Waals surface area contributed by atoms with Gasteiger partial charge >= 0.3 is 17.3 Å². The van der Waals surface area contributed by atoms with Crippen molar-refractivity contribution in [3.8, 4) is 11.3 Å². The molecule has 0 saturated heterocycles. The van der Waals surface area contributed by atoms with E-state index in [0.29, 0.717) is 23.4 Å². The minimum Gasteiger partial charge on any atom is -0.476 e. The molecular weight excluding hydrogens is 350 g/mol. The third-order valence-corrected chi connectivity index (χ3v) is 4.47. The molecule has 1 atom stereocenters. The summed E-state index contributed by atoms with van der Waals surface area (Å²) in [6.45, 7) is -0.0576. The van der Waals surface area contributed by atoms with Crippen molar-refractivity contribution in [3.05, 3.63) is 57.3 Å². The monoisotopic (exact) mass is 361 g/mol. The Labute approximate surface area is 142 Å². The van der Waals surface area contributed by atoms with E-state index in [1.165, 1.54) is 10.6 Å². The lowest BCUT2D eigenvalue weighted by atomic mass is 10.0. The van der Waals surface area contributed by atoms with Crippen LogP contribution in [-0.2, 0) is 28.6 Å². The van der Waals surface area contributed by atoms with Crippen LogP contribution in [0, 0.1) is 0 Å². The van der Waals surface area contributed by atoms with Crippen molar-refractivity contribution in [2.75, 3.05) is 0 Å². The van der Waals surface area contributed by atoms with Crippen molar-refractivity contribution in [2.45, 2.75) is 13.0 Å². The van der Waals surface area contributed by atoms with E-state index >= 15 is 0 Å². The largest absolute Gasteiger partial charge is 0.476 e. The van der Waals surface area contributed by atoms with Gasteiger partial charge in [0.1, 0.15) is 0 Å². The predicted octanol–water partition coefficient (Wildman–Crippen LogP) is 0.945. The summed E-state index contributed by atoms with van der Waals surface area (Å²) < 4.78 is 25.8. The second kappa shape index (κ2) is 5.62. The average molecular weight is 361 g/mol. The Hall–Kier alpha value is -2.82. The smallest absolute Gasteiger partial charge is 0.356 e. The number of nitrogens with zero attached hydrogens (tertiary/aromatic N) is 2. The fraction of sp³-hybridized carbons (Fsp3) is 0.133. The zero-order chi connectivity index (χ0) is 17.7. The number of aromatic carboxylic acids is 1. The summed E-state index contributed by atoms with van der Waals surface area (Å²) in [5.41, 5.74) is 2.91. The standard InChI is InChI=1S/C15H11N3O6S/c19-14-13-16-10(15(20)21)5-18(13)11-4-9-7(6-24-25(22)23)2-1-3-8(9)12(11)17-14/h1-3,5H,4,6H2,(H,17,19)(H,20,21)(H,22,23). The van der Waals surface area contributed by atoms with E-state index in [-0.39, 0.29) is 17.9 Å². The van der Waals surface area contributed by atoms with Crippen LogP contribution in [0.25, 0.3) is 16.9 Å². The highest BCUT2D eigenvalue weighted by atomic mass is 32.2. The minimum atomic E-state index is -2.38. The maximum atomic E-state index is 12.3. The third kappa shape index (κ3) is 2.47. The maximum Gasteiger partial charge on any atom is 0.356 e. The van der Waals surface area contributed by atoms with E-state index < -0.39 is 22.9 Å². The molecule has 0 bridgehead atoms. The molecule has 0 aliphatic heterocycles. The topological polar surface area (TPSA) is 134 Å². The van der Waals surface area contributed by atoms with Crippen molar-refractivity contribution in [1.29, 1.82) is 0 Å². The number of imidazole rings is 1. The molecular formula is C15H11N3O6S. The van der Waals surface area contributed by atoms with Crippen LogP contribution in [-0.4, -0.2) is 34.2 Å². The Morgan fingerprint density at radius 3 is 2.96 bits per heavy atom. The van der Waals surface area contributed by atoms with Gasteiger partial charge in [-0.05, 0) is 11.1 Å². The summed E-state index contributed by atoms with van der Waals surface area (Å²) in [4.78, 5) is 30.0. The van der Waals surface area contributed by atoms with Crippen molar-refractivity contribution >= 4 is 23.0 Å². The molecule has 25 heavy (non-hydrogen) atoms. The van der Waals surface area contributed by atoms with Gasteiger partial charge in [0.2, 0.25) is 5.65 Å². The van der Waals surface area contributed by atoms with Gasteiger partial charge in [-0.3, -0.25) is 17.9 Å². The van der Waals surface area contributed by atoms with E-state index in [1.54, 1.807) is 12.1 Å². The van der Waals surface area contributed by atoms with Crippen LogP contribution in [0.3, 0.4) is 0 Å². The predicted molar refractivity (Wildman–Crippen MR) is 86.6 cm³/mol. The van der Waals surface area contributed by atoms with Crippen LogP contribution >= 0.6 is 0 Å². The molecule has 2 aromatic heterocycles. The van der Waals surface area contributed by atoms with Crippen molar-refractivity contribution in [1.82, 2.24) is 14.4 Å². The van der Waals surface area contributed by atoms with Crippen molar-refractivity contribution < 1.29 is 22.8 Å². The van der Waals surface area contributed by atoms with Crippen molar-refractivity contribution in [2.24, 2.45) is 0 Å². The van der Waals surface area contributed by atoms with Gasteiger partial charge in [0.25, 0.3) is 5.56 Å². The number of hydrogen-bond acceptors (Lipinski definition) is 5. The molecule has 9 nitrogen and oxygen atoms in total. The second-order valence-corrected chi connectivity index (χ2v) is 6.17. The molecule has 10 heteroatoms. The molecule has 1 aromatic carbocycles.